The van der Waals surface area contributed by atoms with Crippen molar-refractivity contribution < 1.29 is 24.5 Å². The first kappa shape index (κ1) is 73.1. The molecule has 0 aromatic carbocycles. The van der Waals surface area contributed by atoms with Crippen LogP contribution in [-0.2, 0) is 14.3 Å². The summed E-state index contributed by atoms with van der Waals surface area (Å²) in [6.45, 7) is 4.90. The molecule has 0 saturated carbocycles. The van der Waals surface area contributed by atoms with Crippen LogP contribution in [0.1, 0.15) is 367 Å². The van der Waals surface area contributed by atoms with Gasteiger partial charge < -0.3 is 20.3 Å². The van der Waals surface area contributed by atoms with E-state index in [2.05, 4.69) is 43.5 Å². The summed E-state index contributed by atoms with van der Waals surface area (Å²) in [6, 6.07) is -0.631. The number of hydrogen-bond acceptors (Lipinski definition) is 5. The fourth-order valence-electron chi connectivity index (χ4n) is 10.5. The molecule has 0 aliphatic rings. The molecule has 75 heavy (non-hydrogen) atoms. The molecule has 0 spiro atoms. The van der Waals surface area contributed by atoms with Crippen LogP contribution in [0.4, 0.5) is 0 Å². The van der Waals surface area contributed by atoms with E-state index in [1.165, 1.54) is 289 Å². The van der Waals surface area contributed by atoms with Crippen molar-refractivity contribution in [3.63, 3.8) is 0 Å². The van der Waals surface area contributed by atoms with E-state index < -0.39 is 12.1 Å². The molecule has 2 atom stereocenters. The number of allylic oxidation sites excluding steroid dienone is 5. The topological polar surface area (TPSA) is 95.9 Å². The number of carbonyl (C=O) groups is 2. The van der Waals surface area contributed by atoms with Crippen molar-refractivity contribution in [2.24, 2.45) is 0 Å². The quantitative estimate of drug-likeness (QED) is 0.0320. The Morgan fingerprint density at radius 2 is 0.667 bits per heavy atom. The molecule has 0 radical (unpaired) electrons. The molecule has 0 aromatic heterocycles. The van der Waals surface area contributed by atoms with Crippen LogP contribution in [0.3, 0.4) is 0 Å². The van der Waals surface area contributed by atoms with Gasteiger partial charge in [0.05, 0.1) is 25.4 Å². The number of hydrogen-bond donors (Lipinski definition) is 3. The lowest BCUT2D eigenvalue weighted by molar-refractivity contribution is -0.143. The SMILES string of the molecule is CCCCC/C=C\C/C=C\CCCCCCCCCC(=O)OCCCCCCCCCCCCCCCCCCCCCCC(=O)NC(CO)C(O)/C=C/CCCCCCCCCCCCCCCCCCCCC. The van der Waals surface area contributed by atoms with Crippen molar-refractivity contribution in [3.8, 4) is 0 Å². The third-order valence-electron chi connectivity index (χ3n) is 15.7. The number of ether oxygens (including phenoxy) is 1. The first-order valence-corrected chi connectivity index (χ1v) is 33.8. The predicted octanol–water partition coefficient (Wildman–Crippen LogP) is 21.5. The van der Waals surface area contributed by atoms with Gasteiger partial charge in [-0.25, -0.2) is 0 Å². The third kappa shape index (κ3) is 61.2. The standard InChI is InChI=1S/C69H131NO5/c1-3-5-7-9-11-13-15-17-19-21-22-23-26-30-33-37-41-45-49-53-57-61-67(72)66(65-71)70-68(73)62-58-54-50-46-42-38-34-31-27-24-25-28-32-36-40-44-48-52-56-60-64-75-69(74)63-59-55-51-47-43-39-35-29-20-18-16-14-12-10-8-6-4-2/h12,14,18,20,57,61,66-67,71-72H,3-11,13,15-17,19,21-56,58-60,62-65H2,1-2H3,(H,70,73)/b14-12-,20-18-,61-57+. The first-order chi connectivity index (χ1) is 37.0. The molecule has 1 amide bonds. The highest BCUT2D eigenvalue weighted by Crippen LogP contribution is 2.18. The number of rotatable bonds is 63. The van der Waals surface area contributed by atoms with Crippen LogP contribution < -0.4 is 5.32 Å². The van der Waals surface area contributed by atoms with Crippen molar-refractivity contribution in [1.82, 2.24) is 5.32 Å². The molecule has 0 fully saturated rings. The average Bonchev–Trinajstić information content (AvgIpc) is 3.41. The van der Waals surface area contributed by atoms with E-state index in [9.17, 15) is 19.8 Å². The Balaban J connectivity index is 3.42. The van der Waals surface area contributed by atoms with Crippen LogP contribution in [0.5, 0.6) is 0 Å². The van der Waals surface area contributed by atoms with Gasteiger partial charge in [0.1, 0.15) is 0 Å². The smallest absolute Gasteiger partial charge is 0.305 e. The minimum absolute atomic E-state index is 0.00269. The van der Waals surface area contributed by atoms with Crippen molar-refractivity contribution in [3.05, 3.63) is 36.5 Å². The van der Waals surface area contributed by atoms with Gasteiger partial charge in [-0.3, -0.25) is 9.59 Å². The van der Waals surface area contributed by atoms with E-state index in [-0.39, 0.29) is 18.5 Å². The van der Waals surface area contributed by atoms with Crippen molar-refractivity contribution in [2.45, 2.75) is 379 Å². The van der Waals surface area contributed by atoms with Crippen LogP contribution >= 0.6 is 0 Å². The summed E-state index contributed by atoms with van der Waals surface area (Å²) < 4.78 is 5.49. The predicted molar refractivity (Wildman–Crippen MR) is 329 cm³/mol. The van der Waals surface area contributed by atoms with E-state index >= 15 is 0 Å². The zero-order chi connectivity index (χ0) is 54.3. The Bertz CT molecular complexity index is 1210. The van der Waals surface area contributed by atoms with Crippen LogP contribution in [0, 0.1) is 0 Å². The van der Waals surface area contributed by atoms with E-state index in [1.54, 1.807) is 6.08 Å². The summed E-state index contributed by atoms with van der Waals surface area (Å²) in [5.41, 5.74) is 0. The van der Waals surface area contributed by atoms with Crippen molar-refractivity contribution in [2.75, 3.05) is 13.2 Å². The maximum absolute atomic E-state index is 12.5. The Kier molecular flexibility index (Phi) is 63.0. The van der Waals surface area contributed by atoms with Gasteiger partial charge >= 0.3 is 5.97 Å². The molecular weight excluding hydrogens is 923 g/mol. The summed E-state index contributed by atoms with van der Waals surface area (Å²) >= 11 is 0. The first-order valence-electron chi connectivity index (χ1n) is 33.8. The van der Waals surface area contributed by atoms with Gasteiger partial charge in [0, 0.05) is 12.8 Å². The summed E-state index contributed by atoms with van der Waals surface area (Å²) in [5, 5.41) is 23.2. The fraction of sp³-hybridized carbons (Fsp3) is 0.884. The van der Waals surface area contributed by atoms with Gasteiger partial charge in [-0.05, 0) is 64.2 Å². The zero-order valence-electron chi connectivity index (χ0n) is 50.5. The molecule has 3 N–H and O–H groups in total. The molecule has 6 heteroatoms. The highest BCUT2D eigenvalue weighted by molar-refractivity contribution is 5.76. The second kappa shape index (κ2) is 64.6. The van der Waals surface area contributed by atoms with Gasteiger partial charge in [0.2, 0.25) is 5.91 Å². The molecular formula is C69H131NO5. The minimum Gasteiger partial charge on any atom is -0.466 e. The number of aliphatic hydroxyl groups excluding tert-OH is 2. The molecule has 0 bridgehead atoms. The number of aliphatic hydroxyl groups is 2. The fourth-order valence-corrected chi connectivity index (χ4v) is 10.5. The van der Waals surface area contributed by atoms with E-state index in [0.29, 0.717) is 19.4 Å². The molecule has 0 rings (SSSR count). The van der Waals surface area contributed by atoms with E-state index in [4.69, 9.17) is 4.74 Å². The van der Waals surface area contributed by atoms with Gasteiger partial charge in [-0.15, -0.1) is 0 Å². The summed E-state index contributed by atoms with van der Waals surface area (Å²) in [5.74, 6) is -0.0640. The zero-order valence-corrected chi connectivity index (χ0v) is 50.5. The Morgan fingerprint density at radius 1 is 0.373 bits per heavy atom. The summed E-state index contributed by atoms with van der Waals surface area (Å²) in [7, 11) is 0. The van der Waals surface area contributed by atoms with Crippen LogP contribution in [-0.4, -0.2) is 47.4 Å². The van der Waals surface area contributed by atoms with Gasteiger partial charge in [-0.2, -0.15) is 0 Å². The van der Waals surface area contributed by atoms with Crippen molar-refractivity contribution >= 4 is 11.9 Å². The molecule has 0 aliphatic carbocycles. The Hall–Kier alpha value is -1.92. The average molecular weight is 1050 g/mol. The lowest BCUT2D eigenvalue weighted by Crippen LogP contribution is -2.45. The van der Waals surface area contributed by atoms with Crippen molar-refractivity contribution in [1.29, 1.82) is 0 Å². The van der Waals surface area contributed by atoms with Crippen LogP contribution in [0.2, 0.25) is 0 Å². The maximum atomic E-state index is 12.5. The summed E-state index contributed by atoms with van der Waals surface area (Å²) in [6.07, 6.45) is 82.0. The van der Waals surface area contributed by atoms with Crippen LogP contribution in [0.25, 0.3) is 0 Å². The molecule has 0 heterocycles. The van der Waals surface area contributed by atoms with Crippen LogP contribution in [0.15, 0.2) is 36.5 Å². The highest BCUT2D eigenvalue weighted by atomic mass is 16.5. The van der Waals surface area contributed by atoms with Gasteiger partial charge in [-0.1, -0.05) is 326 Å². The highest BCUT2D eigenvalue weighted by Gasteiger charge is 2.18. The molecule has 0 aromatic rings. The van der Waals surface area contributed by atoms with Gasteiger partial charge in [0.25, 0.3) is 0 Å². The third-order valence-corrected chi connectivity index (χ3v) is 15.7. The normalized spacial score (nSPS) is 12.7. The lowest BCUT2D eigenvalue weighted by Gasteiger charge is -2.20. The summed E-state index contributed by atoms with van der Waals surface area (Å²) in [4.78, 5) is 24.6. The monoisotopic (exact) mass is 1050 g/mol. The largest absolute Gasteiger partial charge is 0.466 e. The number of carbonyl (C=O) groups excluding carboxylic acids is 2. The maximum Gasteiger partial charge on any atom is 0.305 e. The Morgan fingerprint density at radius 3 is 1.04 bits per heavy atom. The number of amides is 1. The molecule has 442 valence electrons. The molecule has 0 saturated heterocycles. The molecule has 0 aliphatic heterocycles. The van der Waals surface area contributed by atoms with E-state index in [1.807, 2.05) is 6.08 Å². The Labute approximate surface area is 468 Å². The molecule has 2 unspecified atom stereocenters. The second-order valence-corrected chi connectivity index (χ2v) is 23.2. The second-order valence-electron chi connectivity index (χ2n) is 23.2. The number of nitrogens with one attached hydrogen (secondary N) is 1. The van der Waals surface area contributed by atoms with E-state index in [0.717, 1.165) is 51.4 Å². The minimum atomic E-state index is -0.847. The number of unbranched alkanes of at least 4 members (excludes halogenated alkanes) is 48. The lowest BCUT2D eigenvalue weighted by atomic mass is 10.0. The molecule has 6 nitrogen and oxygen atoms in total. The van der Waals surface area contributed by atoms with Gasteiger partial charge in [0.15, 0.2) is 0 Å². The number of esters is 1.